The Labute approximate surface area is 86.2 Å². The zero-order valence-corrected chi connectivity index (χ0v) is 9.42. The SMILES string of the molecule is CCN(C)C(=O)CC1CN(C)CCN1. The number of amides is 1. The van der Waals surface area contributed by atoms with Crippen LogP contribution in [0.3, 0.4) is 0 Å². The van der Waals surface area contributed by atoms with Crippen molar-refractivity contribution < 1.29 is 4.79 Å². The van der Waals surface area contributed by atoms with E-state index in [2.05, 4.69) is 17.3 Å². The van der Waals surface area contributed by atoms with Crippen molar-refractivity contribution >= 4 is 5.91 Å². The second-order valence-electron chi connectivity index (χ2n) is 4.03. The number of hydrogen-bond acceptors (Lipinski definition) is 3. The third-order valence-corrected chi connectivity index (χ3v) is 2.78. The van der Waals surface area contributed by atoms with Gasteiger partial charge in [-0.1, -0.05) is 0 Å². The first-order chi connectivity index (χ1) is 6.63. The Bertz CT molecular complexity index is 196. The van der Waals surface area contributed by atoms with Gasteiger partial charge in [0.15, 0.2) is 0 Å². The highest BCUT2D eigenvalue weighted by molar-refractivity contribution is 5.76. The topological polar surface area (TPSA) is 35.6 Å². The Kier molecular flexibility index (Phi) is 4.35. The van der Waals surface area contributed by atoms with Gasteiger partial charge >= 0.3 is 0 Å². The average Bonchev–Trinajstić information content (AvgIpc) is 2.16. The van der Waals surface area contributed by atoms with Crippen molar-refractivity contribution in [3.05, 3.63) is 0 Å². The van der Waals surface area contributed by atoms with Crippen molar-refractivity contribution in [1.29, 1.82) is 0 Å². The molecule has 1 amide bonds. The summed E-state index contributed by atoms with van der Waals surface area (Å²) in [5.74, 6) is 0.236. The number of piperazine rings is 1. The van der Waals surface area contributed by atoms with E-state index in [1.165, 1.54) is 0 Å². The summed E-state index contributed by atoms with van der Waals surface area (Å²) in [5, 5.41) is 3.37. The van der Waals surface area contributed by atoms with Crippen LogP contribution in [0.4, 0.5) is 0 Å². The number of carbonyl (C=O) groups is 1. The molecule has 1 atom stereocenters. The molecule has 0 aromatic heterocycles. The van der Waals surface area contributed by atoms with Gasteiger partial charge in [0.1, 0.15) is 0 Å². The highest BCUT2D eigenvalue weighted by Crippen LogP contribution is 2.02. The fraction of sp³-hybridized carbons (Fsp3) is 0.900. The lowest BCUT2D eigenvalue weighted by atomic mass is 10.1. The molecule has 14 heavy (non-hydrogen) atoms. The first-order valence-electron chi connectivity index (χ1n) is 5.29. The van der Waals surface area contributed by atoms with Crippen LogP contribution in [-0.2, 0) is 4.79 Å². The van der Waals surface area contributed by atoms with E-state index in [1.54, 1.807) is 4.90 Å². The van der Waals surface area contributed by atoms with Gasteiger partial charge < -0.3 is 15.1 Å². The van der Waals surface area contributed by atoms with Gasteiger partial charge in [-0.25, -0.2) is 0 Å². The van der Waals surface area contributed by atoms with E-state index in [0.29, 0.717) is 12.5 Å². The molecule has 4 nitrogen and oxygen atoms in total. The van der Waals surface area contributed by atoms with E-state index in [9.17, 15) is 4.79 Å². The third kappa shape index (κ3) is 3.27. The Morgan fingerprint density at radius 2 is 2.36 bits per heavy atom. The lowest BCUT2D eigenvalue weighted by molar-refractivity contribution is -0.130. The summed E-state index contributed by atoms with van der Waals surface area (Å²) in [7, 11) is 3.96. The summed E-state index contributed by atoms with van der Waals surface area (Å²) >= 11 is 0. The quantitative estimate of drug-likeness (QED) is 0.681. The van der Waals surface area contributed by atoms with Crippen LogP contribution in [0.1, 0.15) is 13.3 Å². The van der Waals surface area contributed by atoms with Crippen molar-refractivity contribution in [2.45, 2.75) is 19.4 Å². The van der Waals surface area contributed by atoms with Gasteiger partial charge in [0.2, 0.25) is 5.91 Å². The summed E-state index contributed by atoms with van der Waals surface area (Å²) < 4.78 is 0. The number of likely N-dealkylation sites (N-methyl/N-ethyl adjacent to an activating group) is 1. The number of nitrogens with one attached hydrogen (secondary N) is 1. The molecule has 1 fully saturated rings. The molecule has 0 spiro atoms. The van der Waals surface area contributed by atoms with Gasteiger partial charge in [-0.3, -0.25) is 4.79 Å². The highest BCUT2D eigenvalue weighted by atomic mass is 16.2. The molecule has 0 aliphatic carbocycles. The van der Waals surface area contributed by atoms with Crippen molar-refractivity contribution in [2.75, 3.05) is 40.3 Å². The van der Waals surface area contributed by atoms with E-state index >= 15 is 0 Å². The minimum atomic E-state index is 0.236. The zero-order chi connectivity index (χ0) is 10.6. The molecule has 1 saturated heterocycles. The maximum absolute atomic E-state index is 11.6. The molecule has 0 bridgehead atoms. The van der Waals surface area contributed by atoms with Crippen LogP contribution < -0.4 is 5.32 Å². The lowest BCUT2D eigenvalue weighted by Crippen LogP contribution is -2.50. The number of carbonyl (C=O) groups excluding carboxylic acids is 1. The largest absolute Gasteiger partial charge is 0.346 e. The average molecular weight is 199 g/mol. The molecular formula is C10H21N3O. The summed E-state index contributed by atoms with van der Waals surface area (Å²) in [4.78, 5) is 15.7. The molecule has 0 aromatic carbocycles. The van der Waals surface area contributed by atoms with Crippen LogP contribution in [0.15, 0.2) is 0 Å². The van der Waals surface area contributed by atoms with Crippen molar-refractivity contribution in [3.63, 3.8) is 0 Å². The number of hydrogen-bond donors (Lipinski definition) is 1. The first-order valence-corrected chi connectivity index (χ1v) is 5.29. The van der Waals surface area contributed by atoms with Crippen molar-refractivity contribution in [2.24, 2.45) is 0 Å². The van der Waals surface area contributed by atoms with Gasteiger partial charge in [0, 0.05) is 45.7 Å². The maximum atomic E-state index is 11.6. The van der Waals surface area contributed by atoms with Gasteiger partial charge in [-0.05, 0) is 14.0 Å². The molecule has 0 saturated carbocycles. The van der Waals surface area contributed by atoms with Crippen LogP contribution in [-0.4, -0.2) is 62.0 Å². The molecule has 82 valence electrons. The molecule has 1 aliphatic rings. The van der Waals surface area contributed by atoms with Gasteiger partial charge in [-0.15, -0.1) is 0 Å². The fourth-order valence-corrected chi connectivity index (χ4v) is 1.67. The predicted octanol–water partition coefficient (Wildman–Crippen LogP) is -0.242. The van der Waals surface area contributed by atoms with Crippen LogP contribution >= 0.6 is 0 Å². The van der Waals surface area contributed by atoms with E-state index < -0.39 is 0 Å². The molecule has 1 aliphatic heterocycles. The van der Waals surface area contributed by atoms with Crippen molar-refractivity contribution in [3.8, 4) is 0 Å². The predicted molar refractivity (Wildman–Crippen MR) is 57.2 cm³/mol. The Morgan fingerprint density at radius 1 is 1.64 bits per heavy atom. The zero-order valence-electron chi connectivity index (χ0n) is 9.42. The van der Waals surface area contributed by atoms with Crippen LogP contribution in [0.25, 0.3) is 0 Å². The molecule has 4 heteroatoms. The Hall–Kier alpha value is -0.610. The normalized spacial score (nSPS) is 23.5. The highest BCUT2D eigenvalue weighted by Gasteiger charge is 2.20. The minimum Gasteiger partial charge on any atom is -0.346 e. The number of nitrogens with zero attached hydrogens (tertiary/aromatic N) is 2. The molecule has 1 N–H and O–H groups in total. The molecular weight excluding hydrogens is 178 g/mol. The Morgan fingerprint density at radius 3 is 2.93 bits per heavy atom. The van der Waals surface area contributed by atoms with Gasteiger partial charge in [-0.2, -0.15) is 0 Å². The molecule has 1 heterocycles. The smallest absolute Gasteiger partial charge is 0.223 e. The van der Waals surface area contributed by atoms with Crippen molar-refractivity contribution in [1.82, 2.24) is 15.1 Å². The van der Waals surface area contributed by atoms with E-state index in [1.807, 2.05) is 14.0 Å². The maximum Gasteiger partial charge on any atom is 0.223 e. The third-order valence-electron chi connectivity index (χ3n) is 2.78. The molecule has 0 radical (unpaired) electrons. The lowest BCUT2D eigenvalue weighted by Gasteiger charge is -2.31. The molecule has 1 rings (SSSR count). The summed E-state index contributed by atoms with van der Waals surface area (Å²) in [5.41, 5.74) is 0. The second kappa shape index (κ2) is 5.32. The monoisotopic (exact) mass is 199 g/mol. The van der Waals surface area contributed by atoms with Crippen LogP contribution in [0, 0.1) is 0 Å². The Balaban J connectivity index is 2.32. The molecule has 1 unspecified atom stereocenters. The summed E-state index contributed by atoms with van der Waals surface area (Å²) in [6.07, 6.45) is 0.620. The van der Waals surface area contributed by atoms with Crippen LogP contribution in [0.2, 0.25) is 0 Å². The minimum absolute atomic E-state index is 0.236. The standard InChI is InChI=1S/C10H21N3O/c1-4-13(3)10(14)7-9-8-12(2)6-5-11-9/h9,11H,4-8H2,1-3H3. The van der Waals surface area contributed by atoms with E-state index in [-0.39, 0.29) is 5.91 Å². The first kappa shape index (κ1) is 11.5. The number of rotatable bonds is 3. The van der Waals surface area contributed by atoms with Gasteiger partial charge in [0.05, 0.1) is 0 Å². The second-order valence-corrected chi connectivity index (χ2v) is 4.03. The molecule has 0 aromatic rings. The van der Waals surface area contributed by atoms with E-state index in [0.717, 1.165) is 26.2 Å². The fourth-order valence-electron chi connectivity index (χ4n) is 1.67. The van der Waals surface area contributed by atoms with Crippen LogP contribution in [0.5, 0.6) is 0 Å². The van der Waals surface area contributed by atoms with E-state index in [4.69, 9.17) is 0 Å². The summed E-state index contributed by atoms with van der Waals surface area (Å²) in [6, 6.07) is 0.329. The van der Waals surface area contributed by atoms with Gasteiger partial charge in [0.25, 0.3) is 0 Å². The summed E-state index contributed by atoms with van der Waals surface area (Å²) in [6.45, 7) is 5.83.